The zero-order valence-electron chi connectivity index (χ0n) is 18.6. The molecule has 4 rings (SSSR count). The molecular weight excluding hydrogens is 400 g/mol. The molecule has 4 N–H and O–H groups in total. The first-order valence-electron chi connectivity index (χ1n) is 11.4. The van der Waals surface area contributed by atoms with Gasteiger partial charge < -0.3 is 20.8 Å². The third kappa shape index (κ3) is 5.37. The molecule has 1 fully saturated rings. The number of nitrogens with zero attached hydrogens (tertiary/aromatic N) is 1. The topological polar surface area (TPSA) is 93.0 Å². The van der Waals surface area contributed by atoms with Crippen LogP contribution in [-0.2, 0) is 11.2 Å². The van der Waals surface area contributed by atoms with Crippen molar-refractivity contribution in [3.8, 4) is 17.0 Å². The highest BCUT2D eigenvalue weighted by atomic mass is 16.5. The molecule has 6 heteroatoms. The van der Waals surface area contributed by atoms with E-state index in [1.807, 2.05) is 48.7 Å². The van der Waals surface area contributed by atoms with Gasteiger partial charge in [-0.1, -0.05) is 42.5 Å². The number of hydrogen-bond acceptors (Lipinski definition) is 4. The van der Waals surface area contributed by atoms with Gasteiger partial charge in [-0.05, 0) is 62.3 Å². The molecule has 0 spiro atoms. The Labute approximate surface area is 189 Å². The average molecular weight is 433 g/mol. The van der Waals surface area contributed by atoms with Gasteiger partial charge in [-0.15, -0.1) is 0 Å². The van der Waals surface area contributed by atoms with Gasteiger partial charge >= 0.3 is 0 Å². The van der Waals surface area contributed by atoms with E-state index in [9.17, 15) is 4.79 Å². The number of nitrogens with two attached hydrogens (primary N) is 1. The number of carbonyl (C=O) groups excluding carboxylic acids is 1. The van der Waals surface area contributed by atoms with Gasteiger partial charge in [0.1, 0.15) is 11.6 Å². The lowest BCUT2D eigenvalue weighted by molar-refractivity contribution is -0.127. The smallest absolute Gasteiger partial charge is 0.223 e. The van der Waals surface area contributed by atoms with Crippen LogP contribution in [0.2, 0.25) is 0 Å². The molecule has 1 heterocycles. The molecule has 1 aromatic heterocycles. The Hall–Kier alpha value is -3.12. The Bertz CT molecular complexity index is 1010. The summed E-state index contributed by atoms with van der Waals surface area (Å²) in [6.07, 6.45) is 6.35. The first-order chi connectivity index (χ1) is 15.7. The molecule has 1 unspecified atom stereocenters. The number of imidazole rings is 1. The number of H-pyrrole nitrogens is 1. The molecule has 1 atom stereocenters. The predicted octanol–water partition coefficient (Wildman–Crippen LogP) is 4.25. The van der Waals surface area contributed by atoms with E-state index in [1.54, 1.807) is 7.11 Å². The molecule has 6 nitrogen and oxygen atoms in total. The standard InChI is InChI=1S/C26H32N4O2/c1-32-22-9-5-8-21(15-22)24-17-28-25(29-24)23(14-18-6-3-2-4-7-18)30-26(31)20-12-10-19(16-27)11-13-20/h2-9,15,17,19-20,23H,10-14,16,27H2,1H3,(H,28,29)(H,30,31). The number of rotatable bonds is 8. The SMILES string of the molecule is COc1cccc(-c2cnc(C(Cc3ccccc3)NC(=O)C3CCC(CN)CC3)[nH]2)c1. The first-order valence-corrected chi connectivity index (χ1v) is 11.4. The Morgan fingerprint density at radius 3 is 2.66 bits per heavy atom. The summed E-state index contributed by atoms with van der Waals surface area (Å²) < 4.78 is 5.35. The molecule has 168 valence electrons. The zero-order valence-corrected chi connectivity index (χ0v) is 18.6. The van der Waals surface area contributed by atoms with Crippen LogP contribution >= 0.6 is 0 Å². The number of methoxy groups -OCH3 is 1. The zero-order chi connectivity index (χ0) is 22.3. The highest BCUT2D eigenvalue weighted by molar-refractivity contribution is 5.79. The van der Waals surface area contributed by atoms with Gasteiger partial charge in [-0.2, -0.15) is 0 Å². The van der Waals surface area contributed by atoms with E-state index in [-0.39, 0.29) is 17.9 Å². The van der Waals surface area contributed by atoms with E-state index < -0.39 is 0 Å². The van der Waals surface area contributed by atoms with E-state index in [0.29, 0.717) is 18.9 Å². The maximum Gasteiger partial charge on any atom is 0.223 e. The molecule has 0 aliphatic heterocycles. The summed E-state index contributed by atoms with van der Waals surface area (Å²) in [7, 11) is 1.66. The molecule has 0 saturated heterocycles. The first kappa shape index (κ1) is 22.1. The summed E-state index contributed by atoms with van der Waals surface area (Å²) in [5, 5.41) is 3.28. The second-order valence-electron chi connectivity index (χ2n) is 8.62. The monoisotopic (exact) mass is 432 g/mol. The number of ether oxygens (including phenoxy) is 1. The second-order valence-corrected chi connectivity index (χ2v) is 8.62. The minimum atomic E-state index is -0.225. The van der Waals surface area contributed by atoms with Gasteiger partial charge in [0.05, 0.1) is 25.0 Å². The lowest BCUT2D eigenvalue weighted by atomic mass is 9.81. The van der Waals surface area contributed by atoms with Crippen molar-refractivity contribution in [2.75, 3.05) is 13.7 Å². The number of benzene rings is 2. The molecule has 1 amide bonds. The van der Waals surface area contributed by atoms with E-state index in [2.05, 4.69) is 27.4 Å². The van der Waals surface area contributed by atoms with Crippen molar-refractivity contribution >= 4 is 5.91 Å². The molecule has 0 radical (unpaired) electrons. The van der Waals surface area contributed by atoms with Gasteiger partial charge in [0.15, 0.2) is 0 Å². The van der Waals surface area contributed by atoms with Crippen LogP contribution in [0.15, 0.2) is 60.8 Å². The average Bonchev–Trinajstić information content (AvgIpc) is 3.35. The van der Waals surface area contributed by atoms with Crippen molar-refractivity contribution < 1.29 is 9.53 Å². The fraction of sp³-hybridized carbons (Fsp3) is 0.385. The molecular formula is C26H32N4O2. The fourth-order valence-electron chi connectivity index (χ4n) is 4.47. The summed E-state index contributed by atoms with van der Waals surface area (Å²) in [5.74, 6) is 2.26. The third-order valence-electron chi connectivity index (χ3n) is 6.46. The summed E-state index contributed by atoms with van der Waals surface area (Å²) in [5.41, 5.74) is 8.86. The van der Waals surface area contributed by atoms with Crippen molar-refractivity contribution in [2.45, 2.75) is 38.1 Å². The summed E-state index contributed by atoms with van der Waals surface area (Å²) in [6, 6.07) is 17.8. The van der Waals surface area contributed by atoms with Crippen molar-refractivity contribution in [2.24, 2.45) is 17.6 Å². The van der Waals surface area contributed by atoms with Crippen LogP contribution in [0.25, 0.3) is 11.3 Å². The molecule has 1 saturated carbocycles. The van der Waals surface area contributed by atoms with Crippen LogP contribution in [0.5, 0.6) is 5.75 Å². The quantitative estimate of drug-likeness (QED) is 0.496. The molecule has 3 aromatic rings. The van der Waals surface area contributed by atoms with Crippen LogP contribution in [0, 0.1) is 11.8 Å². The fourth-order valence-corrected chi connectivity index (χ4v) is 4.47. The maximum atomic E-state index is 13.1. The molecule has 32 heavy (non-hydrogen) atoms. The second kappa shape index (κ2) is 10.5. The number of aromatic amines is 1. The van der Waals surface area contributed by atoms with Crippen molar-refractivity contribution in [1.29, 1.82) is 0 Å². The van der Waals surface area contributed by atoms with Gasteiger partial charge in [0.2, 0.25) is 5.91 Å². The van der Waals surface area contributed by atoms with Gasteiger partial charge in [0.25, 0.3) is 0 Å². The Morgan fingerprint density at radius 1 is 1.16 bits per heavy atom. The van der Waals surface area contributed by atoms with Gasteiger partial charge in [-0.3, -0.25) is 4.79 Å². The van der Waals surface area contributed by atoms with Crippen LogP contribution in [-0.4, -0.2) is 29.5 Å². The largest absolute Gasteiger partial charge is 0.497 e. The van der Waals surface area contributed by atoms with Crippen LogP contribution in [0.1, 0.15) is 43.1 Å². The molecule has 0 bridgehead atoms. The minimum absolute atomic E-state index is 0.0453. The van der Waals surface area contributed by atoms with Crippen LogP contribution < -0.4 is 15.8 Å². The van der Waals surface area contributed by atoms with E-state index in [1.165, 1.54) is 0 Å². The maximum absolute atomic E-state index is 13.1. The summed E-state index contributed by atoms with van der Waals surface area (Å²) in [4.78, 5) is 21.2. The Kier molecular flexibility index (Phi) is 7.22. The number of carbonyl (C=O) groups is 1. The van der Waals surface area contributed by atoms with Gasteiger partial charge in [-0.25, -0.2) is 4.98 Å². The van der Waals surface area contributed by atoms with E-state index >= 15 is 0 Å². The summed E-state index contributed by atoms with van der Waals surface area (Å²) in [6.45, 7) is 0.713. The normalized spacial score (nSPS) is 19.3. The lowest BCUT2D eigenvalue weighted by Gasteiger charge is -2.28. The van der Waals surface area contributed by atoms with E-state index in [4.69, 9.17) is 10.5 Å². The number of amides is 1. The van der Waals surface area contributed by atoms with Crippen LogP contribution in [0.4, 0.5) is 0 Å². The van der Waals surface area contributed by atoms with Crippen molar-refractivity contribution in [1.82, 2.24) is 15.3 Å². The third-order valence-corrected chi connectivity index (χ3v) is 6.46. The Morgan fingerprint density at radius 2 is 1.94 bits per heavy atom. The molecule has 1 aliphatic carbocycles. The van der Waals surface area contributed by atoms with Crippen molar-refractivity contribution in [3.63, 3.8) is 0 Å². The predicted molar refractivity (Wildman–Crippen MR) is 126 cm³/mol. The molecule has 1 aliphatic rings. The van der Waals surface area contributed by atoms with Crippen molar-refractivity contribution in [3.05, 3.63) is 72.2 Å². The van der Waals surface area contributed by atoms with E-state index in [0.717, 1.165) is 54.1 Å². The number of aromatic nitrogens is 2. The highest BCUT2D eigenvalue weighted by Crippen LogP contribution is 2.30. The Balaban J connectivity index is 1.53. The van der Waals surface area contributed by atoms with Crippen LogP contribution in [0.3, 0.4) is 0 Å². The summed E-state index contributed by atoms with van der Waals surface area (Å²) >= 11 is 0. The number of hydrogen-bond donors (Lipinski definition) is 3. The molecule has 2 aromatic carbocycles. The van der Waals surface area contributed by atoms with Gasteiger partial charge in [0, 0.05) is 11.5 Å². The lowest BCUT2D eigenvalue weighted by Crippen LogP contribution is -2.37. The highest BCUT2D eigenvalue weighted by Gasteiger charge is 2.28. The number of nitrogens with one attached hydrogen (secondary N) is 2. The minimum Gasteiger partial charge on any atom is -0.497 e.